The summed E-state index contributed by atoms with van der Waals surface area (Å²) in [6, 6.07) is 7.01. The summed E-state index contributed by atoms with van der Waals surface area (Å²) in [6.45, 7) is 16.5. The molecule has 0 heterocycles. The van der Waals surface area contributed by atoms with Crippen molar-refractivity contribution in [2.75, 3.05) is 6.61 Å². The van der Waals surface area contributed by atoms with Gasteiger partial charge >= 0.3 is 0 Å². The highest BCUT2D eigenvalue weighted by molar-refractivity contribution is 6.74. The maximum Gasteiger partial charge on any atom is 0.195 e. The predicted molar refractivity (Wildman–Crippen MR) is 101 cm³/mol. The van der Waals surface area contributed by atoms with Gasteiger partial charge in [-0.25, -0.2) is 0 Å². The largest absolute Gasteiger partial charge is 0.419 e. The number of hydrogen-bond donors (Lipinski definition) is 0. The lowest BCUT2D eigenvalue weighted by Crippen LogP contribution is -2.48. The molecule has 0 aromatic heterocycles. The van der Waals surface area contributed by atoms with Gasteiger partial charge in [0.2, 0.25) is 0 Å². The van der Waals surface area contributed by atoms with Gasteiger partial charge in [-0.05, 0) is 36.3 Å². The van der Waals surface area contributed by atoms with Crippen molar-refractivity contribution in [3.63, 3.8) is 0 Å². The van der Waals surface area contributed by atoms with Gasteiger partial charge in [-0.1, -0.05) is 48.1 Å². The number of hydrogen-bond acceptors (Lipinski definition) is 3. The summed E-state index contributed by atoms with van der Waals surface area (Å²) in [5, 5.41) is 0. The molecule has 0 rings (SSSR count). The second-order valence-electron chi connectivity index (χ2n) is 5.81. The van der Waals surface area contributed by atoms with Gasteiger partial charge in [0, 0.05) is 0 Å². The Hall–Kier alpha value is 0.531. The second kappa shape index (κ2) is 11.1. The molecule has 0 unspecified atom stereocenters. The lowest BCUT2D eigenvalue weighted by atomic mass is 10.7. The first-order valence-corrected chi connectivity index (χ1v) is 16.0. The van der Waals surface area contributed by atoms with Crippen molar-refractivity contribution in [3.05, 3.63) is 0 Å². The summed E-state index contributed by atoms with van der Waals surface area (Å²) in [6.07, 6.45) is -0.115. The average Bonchev–Trinajstić information content (AvgIpc) is 2.55. The Morgan fingerprint density at radius 1 is 0.714 bits per heavy atom. The fraction of sp³-hybridized carbons (Fsp3) is 1.00. The maximum atomic E-state index is 6.60. The molecule has 0 saturated carbocycles. The van der Waals surface area contributed by atoms with Crippen LogP contribution in [0.4, 0.5) is 0 Å². The molecule has 0 amide bonds. The third-order valence-electron chi connectivity index (χ3n) is 5.09. The van der Waals surface area contributed by atoms with Crippen molar-refractivity contribution < 1.29 is 13.3 Å². The molecule has 0 aliphatic carbocycles. The summed E-state index contributed by atoms with van der Waals surface area (Å²) in [5.41, 5.74) is 0. The monoisotopic (exact) mass is 350 g/mol. The molecule has 0 atom stereocenters. The van der Waals surface area contributed by atoms with E-state index in [1.54, 1.807) is 0 Å². The zero-order valence-corrected chi connectivity index (χ0v) is 18.9. The van der Waals surface area contributed by atoms with Gasteiger partial charge in [0.05, 0.1) is 6.61 Å². The second-order valence-corrected chi connectivity index (χ2v) is 16.2. The Labute approximate surface area is 137 Å². The lowest BCUT2D eigenvalue weighted by Gasteiger charge is -2.38. The predicted octanol–water partition coefficient (Wildman–Crippen LogP) is 4.50. The van der Waals surface area contributed by atoms with Gasteiger partial charge in [0.25, 0.3) is 0 Å². The Kier molecular flexibility index (Phi) is 11.4. The van der Waals surface area contributed by atoms with E-state index < -0.39 is 26.4 Å². The molecule has 0 aromatic carbocycles. The molecule has 0 aromatic rings. The third-order valence-corrected chi connectivity index (χ3v) is 15.0. The van der Waals surface area contributed by atoms with E-state index in [-0.39, 0.29) is 6.29 Å². The van der Waals surface area contributed by atoms with Crippen molar-refractivity contribution in [3.8, 4) is 0 Å². The smallest absolute Gasteiger partial charge is 0.195 e. The van der Waals surface area contributed by atoms with Gasteiger partial charge in [0.1, 0.15) is 0 Å². The van der Waals surface area contributed by atoms with Crippen molar-refractivity contribution in [2.24, 2.45) is 0 Å². The van der Waals surface area contributed by atoms with E-state index >= 15 is 0 Å². The lowest BCUT2D eigenvalue weighted by molar-refractivity contribution is -0.0437. The van der Waals surface area contributed by atoms with E-state index in [4.69, 9.17) is 13.3 Å². The van der Waals surface area contributed by atoms with E-state index in [1.807, 2.05) is 0 Å². The fourth-order valence-corrected chi connectivity index (χ4v) is 8.74. The van der Waals surface area contributed by atoms with Crippen LogP contribution in [0.1, 0.15) is 41.5 Å². The zero-order valence-electron chi connectivity index (χ0n) is 15.5. The normalized spacial score (nSPS) is 13.7. The van der Waals surface area contributed by atoms with Crippen molar-refractivity contribution in [1.29, 1.82) is 0 Å². The molecule has 0 N–H and O–H groups in total. The molecular formula is C15H38O3Si3. The Morgan fingerprint density at radius 2 is 1.05 bits per heavy atom. The van der Waals surface area contributed by atoms with Gasteiger partial charge in [-0.15, -0.1) is 0 Å². The molecule has 0 radical (unpaired) electrons. The summed E-state index contributed by atoms with van der Waals surface area (Å²) in [5.74, 6) is 0. The molecule has 128 valence electrons. The minimum Gasteiger partial charge on any atom is -0.419 e. The Balaban J connectivity index is 5.01. The Morgan fingerprint density at radius 3 is 1.29 bits per heavy atom. The van der Waals surface area contributed by atoms with E-state index in [9.17, 15) is 0 Å². The molecule has 0 saturated heterocycles. The first-order chi connectivity index (χ1) is 10.0. The highest BCUT2D eigenvalue weighted by Crippen LogP contribution is 2.28. The quantitative estimate of drug-likeness (QED) is 0.361. The van der Waals surface area contributed by atoms with Crippen LogP contribution in [0.15, 0.2) is 0 Å². The van der Waals surface area contributed by atoms with Crippen LogP contribution in [0.2, 0.25) is 42.8 Å². The molecule has 21 heavy (non-hydrogen) atoms. The molecule has 0 spiro atoms. The number of rotatable bonds is 13. The highest BCUT2D eigenvalue weighted by atomic mass is 28.4. The van der Waals surface area contributed by atoms with E-state index in [0.29, 0.717) is 6.61 Å². The van der Waals surface area contributed by atoms with Crippen LogP contribution in [0.5, 0.6) is 0 Å². The first-order valence-electron chi connectivity index (χ1n) is 8.94. The van der Waals surface area contributed by atoms with Gasteiger partial charge in [0.15, 0.2) is 32.7 Å². The molecular weight excluding hydrogens is 312 g/mol. The first kappa shape index (κ1) is 21.5. The molecule has 0 aliphatic heterocycles. The SMILES string of the molecule is CC[Si](CC)(CC)OC(CO[SiH2]C)O[Si](CC)(CC)CC. The Bertz CT molecular complexity index is 218. The van der Waals surface area contributed by atoms with Gasteiger partial charge in [-0.2, -0.15) is 0 Å². The van der Waals surface area contributed by atoms with Crippen molar-refractivity contribution in [2.45, 2.75) is 90.6 Å². The molecule has 0 fully saturated rings. The van der Waals surface area contributed by atoms with Crippen molar-refractivity contribution in [1.82, 2.24) is 0 Å². The van der Waals surface area contributed by atoms with Crippen molar-refractivity contribution >= 4 is 26.4 Å². The van der Waals surface area contributed by atoms with E-state index in [2.05, 4.69) is 48.1 Å². The van der Waals surface area contributed by atoms with Crippen LogP contribution in [0.25, 0.3) is 0 Å². The van der Waals surface area contributed by atoms with Crippen LogP contribution < -0.4 is 0 Å². The fourth-order valence-electron chi connectivity index (χ4n) is 2.86. The molecule has 0 aliphatic rings. The van der Waals surface area contributed by atoms with E-state index in [0.717, 1.165) is 0 Å². The van der Waals surface area contributed by atoms with Crippen LogP contribution in [-0.2, 0) is 13.3 Å². The van der Waals surface area contributed by atoms with Crippen LogP contribution in [-0.4, -0.2) is 39.3 Å². The third kappa shape index (κ3) is 6.66. The van der Waals surface area contributed by atoms with Crippen LogP contribution >= 0.6 is 0 Å². The van der Waals surface area contributed by atoms with Gasteiger partial charge < -0.3 is 13.3 Å². The average molecular weight is 351 g/mol. The minimum absolute atomic E-state index is 0.115. The zero-order chi connectivity index (χ0) is 16.4. The van der Waals surface area contributed by atoms with Gasteiger partial charge in [-0.3, -0.25) is 0 Å². The standard InChI is InChI=1S/C15H38O3Si3/c1-8-20(9-2,10-3)17-15(14-16-19-7)18-21(11-4,12-5)13-6/h15H,8-14,19H2,1-7H3. The molecule has 6 heteroatoms. The maximum absolute atomic E-state index is 6.60. The summed E-state index contributed by atoms with van der Waals surface area (Å²) in [7, 11) is -3.67. The summed E-state index contributed by atoms with van der Waals surface area (Å²) < 4.78 is 19.0. The topological polar surface area (TPSA) is 27.7 Å². The molecule has 0 bridgehead atoms. The summed E-state index contributed by atoms with van der Waals surface area (Å²) >= 11 is 0. The highest BCUT2D eigenvalue weighted by Gasteiger charge is 2.37. The van der Waals surface area contributed by atoms with Crippen LogP contribution in [0, 0.1) is 0 Å². The molecule has 3 nitrogen and oxygen atoms in total. The summed E-state index contributed by atoms with van der Waals surface area (Å²) in [4.78, 5) is 0. The minimum atomic E-state index is -1.64. The van der Waals surface area contributed by atoms with Crippen LogP contribution in [0.3, 0.4) is 0 Å². The van der Waals surface area contributed by atoms with E-state index in [1.165, 1.54) is 36.3 Å².